The second-order valence-electron chi connectivity index (χ2n) is 4.45. The minimum absolute atomic E-state index is 0.0888. The molecule has 0 heterocycles. The predicted octanol–water partition coefficient (Wildman–Crippen LogP) is 1.05. The van der Waals surface area contributed by atoms with E-state index in [1.54, 1.807) is 7.11 Å². The van der Waals surface area contributed by atoms with Crippen LogP contribution in [-0.2, 0) is 14.8 Å². The fourth-order valence-electron chi connectivity index (χ4n) is 1.56. The van der Waals surface area contributed by atoms with Gasteiger partial charge in [0, 0.05) is 34.2 Å². The van der Waals surface area contributed by atoms with E-state index in [0.29, 0.717) is 13.0 Å². The third-order valence-corrected chi connectivity index (χ3v) is 4.52. The van der Waals surface area contributed by atoms with E-state index in [4.69, 9.17) is 9.47 Å². The van der Waals surface area contributed by atoms with Crippen molar-refractivity contribution in [3.63, 3.8) is 0 Å². The average Bonchev–Trinajstić information content (AvgIpc) is 2.43. The van der Waals surface area contributed by atoms with Crippen molar-refractivity contribution in [2.24, 2.45) is 0 Å². The highest BCUT2D eigenvalue weighted by Gasteiger charge is 2.21. The lowest BCUT2D eigenvalue weighted by Gasteiger charge is -2.14. The van der Waals surface area contributed by atoms with Gasteiger partial charge < -0.3 is 14.6 Å². The second kappa shape index (κ2) is 7.39. The number of aromatic carboxylic acids is 1. The average molecular weight is 317 g/mol. The first-order valence-corrected chi connectivity index (χ1v) is 7.66. The molecule has 0 saturated heterocycles. The summed E-state index contributed by atoms with van der Waals surface area (Å²) in [6.45, 7) is 0.781. The standard InChI is InChI=1S/C13H19NO6S/c1-14(2)21(17,18)10-5-6-12(11(9-10)13(15)16)20-8-4-7-19-3/h5-6,9H,4,7-8H2,1-3H3,(H,15,16). The fraction of sp³-hybridized carbons (Fsp3) is 0.462. The lowest BCUT2D eigenvalue weighted by molar-refractivity contribution is 0.0691. The van der Waals surface area contributed by atoms with Gasteiger partial charge in [-0.3, -0.25) is 0 Å². The molecule has 0 fully saturated rings. The van der Waals surface area contributed by atoms with Crippen LogP contribution in [0, 0.1) is 0 Å². The van der Waals surface area contributed by atoms with Crippen LogP contribution in [0.4, 0.5) is 0 Å². The molecule has 21 heavy (non-hydrogen) atoms. The second-order valence-corrected chi connectivity index (χ2v) is 6.60. The van der Waals surface area contributed by atoms with E-state index < -0.39 is 16.0 Å². The third-order valence-electron chi connectivity index (χ3n) is 2.71. The van der Waals surface area contributed by atoms with E-state index in [1.807, 2.05) is 0 Å². The van der Waals surface area contributed by atoms with Crippen molar-refractivity contribution in [1.29, 1.82) is 0 Å². The molecular formula is C13H19NO6S. The van der Waals surface area contributed by atoms with Crippen LogP contribution >= 0.6 is 0 Å². The van der Waals surface area contributed by atoms with Gasteiger partial charge in [0.05, 0.1) is 11.5 Å². The SMILES string of the molecule is COCCCOc1ccc(S(=O)(=O)N(C)C)cc1C(=O)O. The summed E-state index contributed by atoms with van der Waals surface area (Å²) in [6, 6.07) is 3.78. The summed E-state index contributed by atoms with van der Waals surface area (Å²) in [5.74, 6) is -1.11. The lowest BCUT2D eigenvalue weighted by Crippen LogP contribution is -2.22. The molecule has 0 aliphatic carbocycles. The number of ether oxygens (including phenoxy) is 2. The predicted molar refractivity (Wildman–Crippen MR) is 76.3 cm³/mol. The van der Waals surface area contributed by atoms with E-state index in [-0.39, 0.29) is 22.8 Å². The highest BCUT2D eigenvalue weighted by Crippen LogP contribution is 2.24. The molecular weight excluding hydrogens is 298 g/mol. The molecule has 0 aliphatic rings. The van der Waals surface area contributed by atoms with Gasteiger partial charge in [-0.1, -0.05) is 0 Å². The molecule has 0 radical (unpaired) electrons. The normalized spacial score (nSPS) is 11.6. The minimum Gasteiger partial charge on any atom is -0.493 e. The van der Waals surface area contributed by atoms with E-state index >= 15 is 0 Å². The molecule has 0 aromatic heterocycles. The number of benzene rings is 1. The Morgan fingerprint density at radius 1 is 1.29 bits per heavy atom. The van der Waals surface area contributed by atoms with E-state index in [9.17, 15) is 18.3 Å². The first-order valence-electron chi connectivity index (χ1n) is 6.22. The van der Waals surface area contributed by atoms with Crippen LogP contribution in [0.5, 0.6) is 5.75 Å². The Hall–Kier alpha value is -1.64. The Kier molecular flexibility index (Phi) is 6.13. The third kappa shape index (κ3) is 4.42. The quantitative estimate of drug-likeness (QED) is 0.720. The maximum Gasteiger partial charge on any atom is 0.339 e. The van der Waals surface area contributed by atoms with Crippen LogP contribution in [0.25, 0.3) is 0 Å². The Morgan fingerprint density at radius 2 is 1.95 bits per heavy atom. The highest BCUT2D eigenvalue weighted by molar-refractivity contribution is 7.89. The fourth-order valence-corrected chi connectivity index (χ4v) is 2.49. The maximum absolute atomic E-state index is 12.0. The lowest BCUT2D eigenvalue weighted by atomic mass is 10.2. The number of carbonyl (C=O) groups is 1. The van der Waals surface area contributed by atoms with Crippen LogP contribution in [0.1, 0.15) is 16.8 Å². The number of hydrogen-bond donors (Lipinski definition) is 1. The summed E-state index contributed by atoms with van der Waals surface area (Å²) in [6.07, 6.45) is 0.604. The van der Waals surface area contributed by atoms with Crippen molar-refractivity contribution in [3.05, 3.63) is 23.8 Å². The van der Waals surface area contributed by atoms with Gasteiger partial charge in [0.25, 0.3) is 0 Å². The summed E-state index contributed by atoms with van der Waals surface area (Å²) < 4.78 is 35.2. The van der Waals surface area contributed by atoms with Crippen LogP contribution < -0.4 is 4.74 Å². The van der Waals surface area contributed by atoms with Gasteiger partial charge in [-0.05, 0) is 18.2 Å². The van der Waals surface area contributed by atoms with Crippen molar-refractivity contribution < 1.29 is 27.8 Å². The molecule has 0 saturated carbocycles. The number of nitrogens with zero attached hydrogens (tertiary/aromatic N) is 1. The topological polar surface area (TPSA) is 93.1 Å². The summed E-state index contributed by atoms with van der Waals surface area (Å²) in [5.41, 5.74) is -0.185. The molecule has 0 unspecified atom stereocenters. The van der Waals surface area contributed by atoms with E-state index in [2.05, 4.69) is 0 Å². The Balaban J connectivity index is 3.06. The molecule has 1 aromatic carbocycles. The van der Waals surface area contributed by atoms with Crippen LogP contribution in [0.2, 0.25) is 0 Å². The van der Waals surface area contributed by atoms with Crippen molar-refractivity contribution in [2.45, 2.75) is 11.3 Å². The van der Waals surface area contributed by atoms with Crippen molar-refractivity contribution in [1.82, 2.24) is 4.31 Å². The van der Waals surface area contributed by atoms with Gasteiger partial charge in [0.2, 0.25) is 10.0 Å². The summed E-state index contributed by atoms with van der Waals surface area (Å²) >= 11 is 0. The van der Waals surface area contributed by atoms with E-state index in [1.165, 1.54) is 26.2 Å². The zero-order valence-corrected chi connectivity index (χ0v) is 13.0. The smallest absolute Gasteiger partial charge is 0.339 e. The number of carboxylic acid groups (broad SMARTS) is 1. The Bertz CT molecular complexity index is 597. The first kappa shape index (κ1) is 17.4. The number of rotatable bonds is 8. The zero-order chi connectivity index (χ0) is 16.0. The molecule has 118 valence electrons. The number of carboxylic acids is 1. The molecule has 1 N–H and O–H groups in total. The van der Waals surface area contributed by atoms with Gasteiger partial charge in [-0.2, -0.15) is 0 Å². The Labute approximate surface area is 124 Å². The van der Waals surface area contributed by atoms with Crippen LogP contribution in [-0.4, -0.2) is 58.2 Å². The molecule has 1 rings (SSSR count). The van der Waals surface area contributed by atoms with Crippen molar-refractivity contribution in [2.75, 3.05) is 34.4 Å². The van der Waals surface area contributed by atoms with Gasteiger partial charge in [-0.15, -0.1) is 0 Å². The molecule has 7 nitrogen and oxygen atoms in total. The number of methoxy groups -OCH3 is 1. The van der Waals surface area contributed by atoms with Gasteiger partial charge >= 0.3 is 5.97 Å². The summed E-state index contributed by atoms with van der Waals surface area (Å²) in [5, 5.41) is 9.18. The molecule has 0 spiro atoms. The Morgan fingerprint density at radius 3 is 2.48 bits per heavy atom. The van der Waals surface area contributed by atoms with Crippen molar-refractivity contribution >= 4 is 16.0 Å². The molecule has 0 amide bonds. The maximum atomic E-state index is 12.0. The molecule has 0 aliphatic heterocycles. The van der Waals surface area contributed by atoms with Gasteiger partial charge in [-0.25, -0.2) is 17.5 Å². The molecule has 1 aromatic rings. The van der Waals surface area contributed by atoms with Crippen LogP contribution in [0.3, 0.4) is 0 Å². The number of hydrogen-bond acceptors (Lipinski definition) is 5. The minimum atomic E-state index is -3.68. The largest absolute Gasteiger partial charge is 0.493 e. The van der Waals surface area contributed by atoms with Gasteiger partial charge in [0.15, 0.2) is 0 Å². The highest BCUT2D eigenvalue weighted by atomic mass is 32.2. The monoisotopic (exact) mass is 317 g/mol. The summed E-state index contributed by atoms with van der Waals surface area (Å²) in [7, 11) is 0.635. The van der Waals surface area contributed by atoms with E-state index in [0.717, 1.165) is 10.4 Å². The molecule has 8 heteroatoms. The zero-order valence-electron chi connectivity index (χ0n) is 12.2. The first-order chi connectivity index (χ1) is 9.80. The molecule has 0 atom stereocenters. The number of sulfonamides is 1. The molecule has 0 bridgehead atoms. The van der Waals surface area contributed by atoms with Crippen LogP contribution in [0.15, 0.2) is 23.1 Å². The van der Waals surface area contributed by atoms with Crippen molar-refractivity contribution in [3.8, 4) is 5.75 Å². The summed E-state index contributed by atoms with van der Waals surface area (Å²) in [4.78, 5) is 11.2. The van der Waals surface area contributed by atoms with Gasteiger partial charge in [0.1, 0.15) is 11.3 Å².